The molecular weight excluding hydrogens is 492 g/mol. The molecule has 0 aromatic heterocycles. The third-order valence-electron chi connectivity index (χ3n) is 4.31. The molecule has 0 aliphatic rings. The highest BCUT2D eigenvalue weighted by Crippen LogP contribution is 2.34. The van der Waals surface area contributed by atoms with Gasteiger partial charge in [-0.25, -0.2) is 4.39 Å². The fraction of sp³-hybridized carbons (Fsp3) is 0.174. The Kier molecular flexibility index (Phi) is 7.74. The maximum absolute atomic E-state index is 13.8. The van der Waals surface area contributed by atoms with E-state index < -0.39 is 11.7 Å². The highest BCUT2D eigenvalue weighted by molar-refractivity contribution is 9.10. The highest BCUT2D eigenvalue weighted by Gasteiger charge is 2.29. The summed E-state index contributed by atoms with van der Waals surface area (Å²) in [7, 11) is 0. The summed E-state index contributed by atoms with van der Waals surface area (Å²) in [6, 6.07) is 14.2. The number of alkyl halides is 3. The molecule has 0 spiro atoms. The van der Waals surface area contributed by atoms with Crippen LogP contribution in [-0.2, 0) is 12.8 Å². The van der Waals surface area contributed by atoms with Crippen molar-refractivity contribution in [1.82, 2.24) is 0 Å². The van der Waals surface area contributed by atoms with Crippen LogP contribution in [0.15, 0.2) is 70.2 Å². The molecular formula is C23H19BrF4N2O2. The van der Waals surface area contributed by atoms with Gasteiger partial charge in [0, 0.05) is 15.6 Å². The fourth-order valence-electron chi connectivity index (χ4n) is 2.71. The summed E-state index contributed by atoms with van der Waals surface area (Å²) < 4.78 is 63.8. The standard InChI is InChI=1S/C23H19BrF4N2O2/c1-2-31-21-11-16(13-29-30-18-9-7-17(8-10-18)23(26,27)28)19(24)12-22(21)32-14-15-5-3-4-6-20(15)25/h3-13,30H,2,14H2,1H3/b29-13+. The Bertz CT molecular complexity index is 1090. The monoisotopic (exact) mass is 510 g/mol. The number of hydrogen-bond donors (Lipinski definition) is 1. The van der Waals surface area contributed by atoms with Gasteiger partial charge >= 0.3 is 6.18 Å². The van der Waals surface area contributed by atoms with E-state index in [0.717, 1.165) is 12.1 Å². The third kappa shape index (κ3) is 6.23. The van der Waals surface area contributed by atoms with E-state index >= 15 is 0 Å². The van der Waals surface area contributed by atoms with Crippen LogP contribution in [0.2, 0.25) is 0 Å². The van der Waals surface area contributed by atoms with Gasteiger partial charge < -0.3 is 9.47 Å². The number of ether oxygens (including phenoxy) is 2. The van der Waals surface area contributed by atoms with Crippen LogP contribution in [0.4, 0.5) is 23.2 Å². The number of benzene rings is 3. The van der Waals surface area contributed by atoms with Crippen molar-refractivity contribution in [1.29, 1.82) is 0 Å². The summed E-state index contributed by atoms with van der Waals surface area (Å²) in [5.41, 5.74) is 3.41. The van der Waals surface area contributed by atoms with Crippen LogP contribution >= 0.6 is 15.9 Å². The van der Waals surface area contributed by atoms with Gasteiger partial charge in [-0.05, 0) is 65.3 Å². The molecule has 0 saturated heterocycles. The molecule has 32 heavy (non-hydrogen) atoms. The van der Waals surface area contributed by atoms with Gasteiger partial charge in [0.05, 0.1) is 24.1 Å². The first kappa shape index (κ1) is 23.6. The van der Waals surface area contributed by atoms with Gasteiger partial charge in [-0.3, -0.25) is 5.43 Å². The van der Waals surface area contributed by atoms with Crippen LogP contribution in [0.1, 0.15) is 23.6 Å². The van der Waals surface area contributed by atoms with Crippen LogP contribution in [0.5, 0.6) is 11.5 Å². The van der Waals surface area contributed by atoms with E-state index in [1.165, 1.54) is 24.4 Å². The highest BCUT2D eigenvalue weighted by atomic mass is 79.9. The van der Waals surface area contributed by atoms with Gasteiger partial charge in [-0.2, -0.15) is 18.3 Å². The van der Waals surface area contributed by atoms with E-state index in [1.54, 1.807) is 30.3 Å². The first-order valence-electron chi connectivity index (χ1n) is 9.57. The molecule has 0 radical (unpaired) electrons. The zero-order valence-electron chi connectivity index (χ0n) is 16.9. The van der Waals surface area contributed by atoms with Crippen molar-refractivity contribution in [3.8, 4) is 11.5 Å². The third-order valence-corrected chi connectivity index (χ3v) is 5.00. The van der Waals surface area contributed by atoms with Crippen molar-refractivity contribution in [3.05, 3.63) is 87.6 Å². The number of nitrogens with zero attached hydrogens (tertiary/aromatic N) is 1. The number of hydrazone groups is 1. The van der Waals surface area contributed by atoms with E-state index in [2.05, 4.69) is 26.5 Å². The van der Waals surface area contributed by atoms with E-state index in [9.17, 15) is 17.6 Å². The quantitative estimate of drug-likeness (QED) is 0.201. The molecule has 168 valence electrons. The van der Waals surface area contributed by atoms with E-state index in [0.29, 0.717) is 39.4 Å². The summed E-state index contributed by atoms with van der Waals surface area (Å²) in [4.78, 5) is 0. The molecule has 3 aromatic carbocycles. The molecule has 0 aliphatic carbocycles. The first-order valence-corrected chi connectivity index (χ1v) is 10.4. The van der Waals surface area contributed by atoms with Crippen molar-refractivity contribution >= 4 is 27.8 Å². The van der Waals surface area contributed by atoms with Crippen molar-refractivity contribution in [3.63, 3.8) is 0 Å². The molecule has 0 aliphatic heterocycles. The molecule has 0 heterocycles. The largest absolute Gasteiger partial charge is 0.490 e. The number of rotatable bonds is 8. The average molecular weight is 511 g/mol. The molecule has 0 unspecified atom stereocenters. The Morgan fingerprint density at radius 3 is 2.34 bits per heavy atom. The van der Waals surface area contributed by atoms with Crippen molar-refractivity contribution in [2.45, 2.75) is 19.7 Å². The Balaban J connectivity index is 1.72. The zero-order chi connectivity index (χ0) is 23.1. The van der Waals surface area contributed by atoms with Crippen LogP contribution in [-0.4, -0.2) is 12.8 Å². The maximum atomic E-state index is 13.8. The molecule has 0 atom stereocenters. The second kappa shape index (κ2) is 10.5. The first-order chi connectivity index (χ1) is 15.3. The number of nitrogens with one attached hydrogen (secondary N) is 1. The fourth-order valence-corrected chi connectivity index (χ4v) is 3.14. The number of hydrogen-bond acceptors (Lipinski definition) is 4. The van der Waals surface area contributed by atoms with Gasteiger partial charge in [-0.1, -0.05) is 18.2 Å². The lowest BCUT2D eigenvalue weighted by Gasteiger charge is -2.14. The van der Waals surface area contributed by atoms with Gasteiger partial charge in [0.2, 0.25) is 0 Å². The second-order valence-corrected chi connectivity index (χ2v) is 7.43. The average Bonchev–Trinajstić information content (AvgIpc) is 2.75. The summed E-state index contributed by atoms with van der Waals surface area (Å²) in [6.45, 7) is 2.24. The predicted octanol–water partition coefficient (Wildman–Crippen LogP) is 7.03. The molecule has 1 N–H and O–H groups in total. The summed E-state index contributed by atoms with van der Waals surface area (Å²) in [6.07, 6.45) is -2.90. The van der Waals surface area contributed by atoms with Crippen LogP contribution in [0.25, 0.3) is 0 Å². The minimum Gasteiger partial charge on any atom is -0.490 e. The van der Waals surface area contributed by atoms with Crippen molar-refractivity contribution in [2.24, 2.45) is 5.10 Å². The summed E-state index contributed by atoms with van der Waals surface area (Å²) in [5.74, 6) is 0.514. The summed E-state index contributed by atoms with van der Waals surface area (Å²) in [5, 5.41) is 4.07. The molecule has 0 amide bonds. The smallest absolute Gasteiger partial charge is 0.416 e. The maximum Gasteiger partial charge on any atom is 0.416 e. The van der Waals surface area contributed by atoms with Crippen LogP contribution in [0, 0.1) is 5.82 Å². The normalized spacial score (nSPS) is 11.6. The molecule has 0 bridgehead atoms. The van der Waals surface area contributed by atoms with Gasteiger partial charge in [-0.15, -0.1) is 0 Å². The van der Waals surface area contributed by atoms with Gasteiger partial charge in [0.1, 0.15) is 12.4 Å². The van der Waals surface area contributed by atoms with Crippen molar-refractivity contribution in [2.75, 3.05) is 12.0 Å². The second-order valence-electron chi connectivity index (χ2n) is 6.58. The summed E-state index contributed by atoms with van der Waals surface area (Å²) >= 11 is 3.44. The van der Waals surface area contributed by atoms with Crippen LogP contribution in [0.3, 0.4) is 0 Å². The van der Waals surface area contributed by atoms with Crippen molar-refractivity contribution < 1.29 is 27.0 Å². The lowest BCUT2D eigenvalue weighted by Crippen LogP contribution is -2.04. The minimum absolute atomic E-state index is 0.0299. The van der Waals surface area contributed by atoms with E-state index in [-0.39, 0.29) is 12.4 Å². The molecule has 0 saturated carbocycles. The molecule has 0 fully saturated rings. The number of anilines is 1. The predicted molar refractivity (Wildman–Crippen MR) is 119 cm³/mol. The van der Waals surface area contributed by atoms with E-state index in [4.69, 9.17) is 9.47 Å². The lowest BCUT2D eigenvalue weighted by atomic mass is 10.2. The van der Waals surface area contributed by atoms with E-state index in [1.807, 2.05) is 6.92 Å². The van der Waals surface area contributed by atoms with Gasteiger partial charge in [0.15, 0.2) is 11.5 Å². The Labute approximate surface area is 191 Å². The minimum atomic E-state index is -4.39. The number of halogens is 5. The van der Waals surface area contributed by atoms with Gasteiger partial charge in [0.25, 0.3) is 0 Å². The Morgan fingerprint density at radius 2 is 1.69 bits per heavy atom. The zero-order valence-corrected chi connectivity index (χ0v) is 18.5. The molecule has 4 nitrogen and oxygen atoms in total. The Morgan fingerprint density at radius 1 is 1.00 bits per heavy atom. The van der Waals surface area contributed by atoms with Crippen LogP contribution < -0.4 is 14.9 Å². The lowest BCUT2D eigenvalue weighted by molar-refractivity contribution is -0.137. The SMILES string of the molecule is CCOc1cc(/C=N/Nc2ccc(C(F)(F)F)cc2)c(Br)cc1OCc1ccccc1F. The molecule has 9 heteroatoms. The molecule has 3 aromatic rings. The molecule has 3 rings (SSSR count). The Hall–Kier alpha value is -3.07. The topological polar surface area (TPSA) is 42.8 Å².